The van der Waals surface area contributed by atoms with Crippen LogP contribution in [0.4, 0.5) is 0 Å². The van der Waals surface area contributed by atoms with Crippen molar-refractivity contribution in [2.45, 2.75) is 6.92 Å². The minimum absolute atomic E-state index is 0.326. The molecule has 0 aliphatic rings. The Kier molecular flexibility index (Phi) is 2.30. The first kappa shape index (κ1) is 10.5. The molecule has 0 fully saturated rings. The lowest BCUT2D eigenvalue weighted by Gasteiger charge is -2.07. The fraction of sp³-hybridized carbons (Fsp3) is 0.273. The van der Waals surface area contributed by atoms with Crippen LogP contribution in [0.1, 0.15) is 5.56 Å². The van der Waals surface area contributed by atoms with Crippen LogP contribution in [-0.2, 0) is 14.1 Å². The highest BCUT2D eigenvalue weighted by atomic mass is 16.2. The second-order valence-corrected chi connectivity index (χ2v) is 3.75. The number of aryl methyl sites for hydroxylation is 1. The van der Waals surface area contributed by atoms with Crippen molar-refractivity contribution in [3.63, 3.8) is 0 Å². The van der Waals surface area contributed by atoms with Crippen molar-refractivity contribution in [1.82, 2.24) is 13.9 Å². The van der Waals surface area contributed by atoms with Gasteiger partial charge in [-0.1, -0.05) is 18.2 Å². The number of benzene rings is 1. The lowest BCUT2D eigenvalue weighted by Crippen LogP contribution is -2.25. The van der Waals surface area contributed by atoms with Gasteiger partial charge in [0.1, 0.15) is 0 Å². The summed E-state index contributed by atoms with van der Waals surface area (Å²) in [5.41, 5.74) is 1.02. The van der Waals surface area contributed by atoms with Crippen LogP contribution in [0.5, 0.6) is 0 Å². The lowest BCUT2D eigenvalue weighted by molar-refractivity contribution is 0.625. The fourth-order valence-electron chi connectivity index (χ4n) is 1.72. The molecule has 0 aliphatic carbocycles. The van der Waals surface area contributed by atoms with Crippen molar-refractivity contribution in [2.75, 3.05) is 0 Å². The highest BCUT2D eigenvalue weighted by Gasteiger charge is 2.12. The predicted molar refractivity (Wildman–Crippen MR) is 61.0 cm³/mol. The SMILES string of the molecule is Cc1ccccc1-n1c(=O)n(C)c(=O)n1C. The number of hydrogen-bond donors (Lipinski definition) is 0. The van der Waals surface area contributed by atoms with E-state index in [9.17, 15) is 9.59 Å². The molecule has 1 aromatic heterocycles. The van der Waals surface area contributed by atoms with Crippen LogP contribution in [0.15, 0.2) is 33.9 Å². The van der Waals surface area contributed by atoms with E-state index in [1.165, 1.54) is 16.4 Å². The fourth-order valence-corrected chi connectivity index (χ4v) is 1.72. The zero-order valence-electron chi connectivity index (χ0n) is 9.47. The molecular weight excluding hydrogens is 206 g/mol. The van der Waals surface area contributed by atoms with E-state index >= 15 is 0 Å². The van der Waals surface area contributed by atoms with E-state index in [0.29, 0.717) is 0 Å². The maximum absolute atomic E-state index is 11.9. The molecule has 0 saturated heterocycles. The molecule has 1 aromatic carbocycles. The molecule has 2 rings (SSSR count). The third-order valence-electron chi connectivity index (χ3n) is 2.68. The van der Waals surface area contributed by atoms with Crippen molar-refractivity contribution >= 4 is 0 Å². The number of nitrogens with zero attached hydrogens (tertiary/aromatic N) is 3. The third kappa shape index (κ3) is 1.32. The molecule has 2 aromatic rings. The number of rotatable bonds is 1. The second-order valence-electron chi connectivity index (χ2n) is 3.75. The Morgan fingerprint density at radius 3 is 2.12 bits per heavy atom. The van der Waals surface area contributed by atoms with Crippen molar-refractivity contribution in [1.29, 1.82) is 0 Å². The molecule has 0 spiro atoms. The summed E-state index contributed by atoms with van der Waals surface area (Å²) in [6.45, 7) is 1.90. The molecule has 0 atom stereocenters. The molecule has 84 valence electrons. The molecule has 16 heavy (non-hydrogen) atoms. The van der Waals surface area contributed by atoms with Gasteiger partial charge in [0.15, 0.2) is 0 Å². The topological polar surface area (TPSA) is 48.9 Å². The van der Waals surface area contributed by atoms with E-state index in [0.717, 1.165) is 15.8 Å². The van der Waals surface area contributed by atoms with Crippen molar-refractivity contribution in [3.05, 3.63) is 50.8 Å². The number of aromatic nitrogens is 3. The molecule has 0 aliphatic heterocycles. The molecule has 5 nitrogen and oxygen atoms in total. The standard InChI is InChI=1S/C11H13N3O2/c1-8-6-4-5-7-9(8)14-11(16)12(2)10(15)13(14)3/h4-7H,1-3H3. The molecule has 1 heterocycles. The van der Waals surface area contributed by atoms with Gasteiger partial charge in [-0.2, -0.15) is 4.68 Å². The summed E-state index contributed by atoms with van der Waals surface area (Å²) in [5, 5.41) is 0. The lowest BCUT2D eigenvalue weighted by atomic mass is 10.2. The molecule has 5 heteroatoms. The van der Waals surface area contributed by atoms with Crippen LogP contribution in [-0.4, -0.2) is 13.9 Å². The largest absolute Gasteiger partial charge is 0.351 e. The van der Waals surface area contributed by atoms with Crippen molar-refractivity contribution in [2.24, 2.45) is 14.1 Å². The number of hydrogen-bond acceptors (Lipinski definition) is 2. The molecular formula is C11H13N3O2. The molecule has 0 N–H and O–H groups in total. The first-order valence-corrected chi connectivity index (χ1v) is 4.95. The molecule has 0 radical (unpaired) electrons. The molecule has 0 unspecified atom stereocenters. The summed E-state index contributed by atoms with van der Waals surface area (Å²) in [6, 6.07) is 7.45. The van der Waals surface area contributed by atoms with Crippen LogP contribution in [0.2, 0.25) is 0 Å². The van der Waals surface area contributed by atoms with E-state index in [2.05, 4.69) is 0 Å². The van der Waals surface area contributed by atoms with Crippen LogP contribution < -0.4 is 11.4 Å². The summed E-state index contributed by atoms with van der Waals surface area (Å²) in [4.78, 5) is 23.5. The van der Waals surface area contributed by atoms with E-state index in [4.69, 9.17) is 0 Å². The summed E-state index contributed by atoms with van der Waals surface area (Å²) >= 11 is 0. The molecule has 0 amide bonds. The Bertz CT molecular complexity index is 646. The smallest absolute Gasteiger partial charge is 0.246 e. The van der Waals surface area contributed by atoms with Gasteiger partial charge in [0, 0.05) is 14.1 Å². The van der Waals surface area contributed by atoms with Crippen molar-refractivity contribution < 1.29 is 0 Å². The first-order chi connectivity index (χ1) is 7.54. The molecule has 0 saturated carbocycles. The Morgan fingerprint density at radius 1 is 1.00 bits per heavy atom. The summed E-state index contributed by atoms with van der Waals surface area (Å²) in [6.07, 6.45) is 0. The third-order valence-corrected chi connectivity index (χ3v) is 2.68. The van der Waals surface area contributed by atoms with E-state index in [1.54, 1.807) is 7.05 Å². The van der Waals surface area contributed by atoms with Gasteiger partial charge < -0.3 is 0 Å². The van der Waals surface area contributed by atoms with Gasteiger partial charge in [-0.25, -0.2) is 18.8 Å². The van der Waals surface area contributed by atoms with Gasteiger partial charge in [0.05, 0.1) is 5.69 Å². The van der Waals surface area contributed by atoms with Gasteiger partial charge in [-0.05, 0) is 18.6 Å². The van der Waals surface area contributed by atoms with Crippen LogP contribution >= 0.6 is 0 Å². The Balaban J connectivity index is 2.86. The summed E-state index contributed by atoms with van der Waals surface area (Å²) in [7, 11) is 3.05. The highest BCUT2D eigenvalue weighted by Crippen LogP contribution is 2.09. The average Bonchev–Trinajstić information content (AvgIpc) is 2.45. The van der Waals surface area contributed by atoms with Crippen LogP contribution in [0.25, 0.3) is 5.69 Å². The van der Waals surface area contributed by atoms with E-state index in [1.807, 2.05) is 31.2 Å². The maximum Gasteiger partial charge on any atom is 0.351 e. The summed E-state index contributed by atoms with van der Waals surface area (Å²) in [5.74, 6) is 0. The normalized spacial score (nSPS) is 10.7. The van der Waals surface area contributed by atoms with Gasteiger partial charge in [-0.15, -0.1) is 0 Å². The average molecular weight is 219 g/mol. The van der Waals surface area contributed by atoms with Crippen LogP contribution in [0.3, 0.4) is 0 Å². The monoisotopic (exact) mass is 219 g/mol. The quantitative estimate of drug-likeness (QED) is 0.687. The van der Waals surface area contributed by atoms with Gasteiger partial charge >= 0.3 is 11.4 Å². The summed E-state index contributed by atoms with van der Waals surface area (Å²) < 4.78 is 3.77. The zero-order valence-corrected chi connectivity index (χ0v) is 9.47. The van der Waals surface area contributed by atoms with Crippen LogP contribution in [0, 0.1) is 6.92 Å². The second kappa shape index (κ2) is 3.52. The zero-order chi connectivity index (χ0) is 11.9. The van der Waals surface area contributed by atoms with Gasteiger partial charge in [0.2, 0.25) is 0 Å². The Labute approximate surface area is 92.2 Å². The van der Waals surface area contributed by atoms with Gasteiger partial charge in [0.25, 0.3) is 0 Å². The van der Waals surface area contributed by atoms with E-state index in [-0.39, 0.29) is 11.4 Å². The Morgan fingerprint density at radius 2 is 1.62 bits per heavy atom. The number of para-hydroxylation sites is 1. The molecule has 0 bridgehead atoms. The maximum atomic E-state index is 11.9. The van der Waals surface area contributed by atoms with E-state index < -0.39 is 0 Å². The van der Waals surface area contributed by atoms with Crippen molar-refractivity contribution in [3.8, 4) is 5.69 Å². The minimum atomic E-state index is -0.332. The first-order valence-electron chi connectivity index (χ1n) is 4.95. The highest BCUT2D eigenvalue weighted by molar-refractivity contribution is 5.38. The minimum Gasteiger partial charge on any atom is -0.246 e. The van der Waals surface area contributed by atoms with Gasteiger partial charge in [-0.3, -0.25) is 0 Å². The predicted octanol–water partition coefficient (Wildman–Crippen LogP) is 0.183. The Hall–Kier alpha value is -2.04.